The van der Waals surface area contributed by atoms with Crippen molar-refractivity contribution in [3.8, 4) is 11.1 Å². The molecule has 1 fully saturated rings. The van der Waals surface area contributed by atoms with Crippen LogP contribution in [0, 0.1) is 5.82 Å². The standard InChI is InChI=1S/C22H22F4N2O/c1-13-3-2-8-28(13)20(29)9-14-4-5-15-11-27-12-18(21(14)15)17-7-6-16(10-19(17)23)22(24,25)26/h6-7,10-14H,2-5,8-9H2,1H3. The fraction of sp³-hybridized carbons (Fsp3) is 0.455. The van der Waals surface area contributed by atoms with Crippen molar-refractivity contribution in [1.29, 1.82) is 0 Å². The summed E-state index contributed by atoms with van der Waals surface area (Å²) in [5, 5.41) is 0. The van der Waals surface area contributed by atoms with E-state index in [4.69, 9.17) is 0 Å². The number of alkyl halides is 3. The maximum absolute atomic E-state index is 14.6. The predicted molar refractivity (Wildman–Crippen MR) is 101 cm³/mol. The average Bonchev–Trinajstić information content (AvgIpc) is 3.27. The summed E-state index contributed by atoms with van der Waals surface area (Å²) in [5.74, 6) is -0.923. The van der Waals surface area contributed by atoms with Crippen LogP contribution in [0.4, 0.5) is 17.6 Å². The van der Waals surface area contributed by atoms with Crippen molar-refractivity contribution in [3.05, 3.63) is 53.1 Å². The van der Waals surface area contributed by atoms with E-state index < -0.39 is 17.6 Å². The largest absolute Gasteiger partial charge is 0.416 e. The maximum atomic E-state index is 14.6. The highest BCUT2D eigenvalue weighted by atomic mass is 19.4. The van der Waals surface area contributed by atoms with Crippen LogP contribution in [0.2, 0.25) is 0 Å². The van der Waals surface area contributed by atoms with Gasteiger partial charge in [-0.15, -0.1) is 0 Å². The van der Waals surface area contributed by atoms with Gasteiger partial charge in [-0.3, -0.25) is 9.78 Å². The van der Waals surface area contributed by atoms with Gasteiger partial charge in [0.15, 0.2) is 0 Å². The average molecular weight is 406 g/mol. The van der Waals surface area contributed by atoms with Crippen molar-refractivity contribution in [2.24, 2.45) is 0 Å². The number of carbonyl (C=O) groups excluding carboxylic acids is 1. The summed E-state index contributed by atoms with van der Waals surface area (Å²) in [6, 6.07) is 2.80. The minimum atomic E-state index is -4.60. The molecule has 0 radical (unpaired) electrons. The Bertz CT molecular complexity index is 941. The molecule has 1 aliphatic carbocycles. The first kappa shape index (κ1) is 19.9. The Morgan fingerprint density at radius 3 is 2.66 bits per heavy atom. The fourth-order valence-electron chi connectivity index (χ4n) is 4.63. The smallest absolute Gasteiger partial charge is 0.340 e. The first-order valence-corrected chi connectivity index (χ1v) is 9.89. The molecule has 2 aromatic rings. The van der Waals surface area contributed by atoms with Gasteiger partial charge in [-0.05, 0) is 61.8 Å². The zero-order valence-corrected chi connectivity index (χ0v) is 16.1. The van der Waals surface area contributed by atoms with E-state index in [1.165, 1.54) is 6.20 Å². The monoisotopic (exact) mass is 406 g/mol. The molecule has 0 spiro atoms. The first-order valence-electron chi connectivity index (χ1n) is 9.89. The molecule has 0 N–H and O–H groups in total. The fourth-order valence-corrected chi connectivity index (χ4v) is 4.63. The molecule has 1 aliphatic heterocycles. The van der Waals surface area contributed by atoms with Crippen LogP contribution in [-0.4, -0.2) is 28.4 Å². The van der Waals surface area contributed by atoms with E-state index in [2.05, 4.69) is 4.98 Å². The maximum Gasteiger partial charge on any atom is 0.416 e. The zero-order chi connectivity index (χ0) is 20.8. The molecular weight excluding hydrogens is 384 g/mol. The van der Waals surface area contributed by atoms with E-state index in [0.717, 1.165) is 55.5 Å². The lowest BCUT2D eigenvalue weighted by molar-refractivity contribution is -0.137. The number of aromatic nitrogens is 1. The molecule has 4 rings (SSSR count). The summed E-state index contributed by atoms with van der Waals surface area (Å²) < 4.78 is 53.3. The van der Waals surface area contributed by atoms with Gasteiger partial charge in [0.2, 0.25) is 5.91 Å². The summed E-state index contributed by atoms with van der Waals surface area (Å²) in [4.78, 5) is 18.9. The minimum Gasteiger partial charge on any atom is -0.340 e. The highest BCUT2D eigenvalue weighted by Crippen LogP contribution is 2.43. The van der Waals surface area contributed by atoms with E-state index in [-0.39, 0.29) is 23.4 Å². The molecule has 1 aromatic carbocycles. The number of rotatable bonds is 3. The summed E-state index contributed by atoms with van der Waals surface area (Å²) in [6.07, 6.45) is 2.42. The number of fused-ring (bicyclic) bond motifs is 1. The van der Waals surface area contributed by atoms with Crippen LogP contribution in [-0.2, 0) is 17.4 Å². The van der Waals surface area contributed by atoms with Gasteiger partial charge < -0.3 is 4.90 Å². The van der Waals surface area contributed by atoms with Crippen LogP contribution in [0.3, 0.4) is 0 Å². The number of hydrogen-bond acceptors (Lipinski definition) is 2. The van der Waals surface area contributed by atoms with Gasteiger partial charge in [0.05, 0.1) is 5.56 Å². The Morgan fingerprint density at radius 1 is 1.21 bits per heavy atom. The number of benzene rings is 1. The van der Waals surface area contributed by atoms with Crippen LogP contribution in [0.25, 0.3) is 11.1 Å². The number of nitrogens with zero attached hydrogens (tertiary/aromatic N) is 2. The summed E-state index contributed by atoms with van der Waals surface area (Å²) in [5.41, 5.74) is 1.34. The molecule has 1 amide bonds. The van der Waals surface area contributed by atoms with Crippen LogP contribution >= 0.6 is 0 Å². The molecule has 154 valence electrons. The van der Waals surface area contributed by atoms with Crippen LogP contribution in [0.1, 0.15) is 55.2 Å². The Balaban J connectivity index is 1.66. The Labute approximate surface area is 166 Å². The van der Waals surface area contributed by atoms with Gasteiger partial charge in [0, 0.05) is 42.5 Å². The quantitative estimate of drug-likeness (QED) is 0.645. The molecule has 3 nitrogen and oxygen atoms in total. The number of halogens is 4. The molecule has 7 heteroatoms. The Morgan fingerprint density at radius 2 is 2.00 bits per heavy atom. The van der Waals surface area contributed by atoms with Crippen LogP contribution < -0.4 is 0 Å². The van der Waals surface area contributed by atoms with Crippen LogP contribution in [0.15, 0.2) is 30.6 Å². The molecule has 2 unspecified atom stereocenters. The minimum absolute atomic E-state index is 0.0787. The third-order valence-corrected chi connectivity index (χ3v) is 6.12. The summed E-state index contributed by atoms with van der Waals surface area (Å²) in [7, 11) is 0. The molecule has 0 saturated carbocycles. The van der Waals surface area contributed by atoms with Crippen molar-refractivity contribution in [2.45, 2.75) is 57.2 Å². The number of carbonyl (C=O) groups is 1. The number of amides is 1. The van der Waals surface area contributed by atoms with Crippen molar-refractivity contribution in [3.63, 3.8) is 0 Å². The zero-order valence-electron chi connectivity index (χ0n) is 16.1. The highest BCUT2D eigenvalue weighted by molar-refractivity contribution is 5.79. The third kappa shape index (κ3) is 3.74. The SMILES string of the molecule is CC1CCCN1C(=O)CC1CCc2cncc(-c3ccc(C(F)(F)F)cc3F)c21. The van der Waals surface area contributed by atoms with Gasteiger partial charge in [-0.25, -0.2) is 4.39 Å². The van der Waals surface area contributed by atoms with Gasteiger partial charge in [0.1, 0.15) is 5.82 Å². The Kier molecular flexibility index (Phi) is 5.09. The van der Waals surface area contributed by atoms with Gasteiger partial charge in [-0.2, -0.15) is 13.2 Å². The van der Waals surface area contributed by atoms with Crippen molar-refractivity contribution < 1.29 is 22.4 Å². The van der Waals surface area contributed by atoms with E-state index in [1.54, 1.807) is 6.20 Å². The predicted octanol–water partition coefficient (Wildman–Crippen LogP) is 5.34. The molecule has 29 heavy (non-hydrogen) atoms. The van der Waals surface area contributed by atoms with Crippen molar-refractivity contribution in [1.82, 2.24) is 9.88 Å². The third-order valence-electron chi connectivity index (χ3n) is 6.12. The lowest BCUT2D eigenvalue weighted by Gasteiger charge is -2.24. The summed E-state index contributed by atoms with van der Waals surface area (Å²) in [6.45, 7) is 2.80. The molecule has 2 aliphatic rings. The summed E-state index contributed by atoms with van der Waals surface area (Å²) >= 11 is 0. The molecule has 2 heterocycles. The van der Waals surface area contributed by atoms with Gasteiger partial charge in [0.25, 0.3) is 0 Å². The normalized spacial score (nSPS) is 21.5. The Hall–Kier alpha value is -2.44. The van der Waals surface area contributed by atoms with E-state index in [9.17, 15) is 22.4 Å². The first-order chi connectivity index (χ1) is 13.8. The van der Waals surface area contributed by atoms with E-state index in [1.807, 2.05) is 11.8 Å². The lowest BCUT2D eigenvalue weighted by Crippen LogP contribution is -2.34. The van der Waals surface area contributed by atoms with Gasteiger partial charge in [-0.1, -0.05) is 6.07 Å². The van der Waals surface area contributed by atoms with Crippen LogP contribution in [0.5, 0.6) is 0 Å². The number of hydrogen-bond donors (Lipinski definition) is 0. The molecule has 1 aromatic heterocycles. The van der Waals surface area contributed by atoms with E-state index in [0.29, 0.717) is 18.1 Å². The number of aryl methyl sites for hydroxylation is 1. The highest BCUT2D eigenvalue weighted by Gasteiger charge is 2.34. The molecule has 0 bridgehead atoms. The molecule has 1 saturated heterocycles. The van der Waals surface area contributed by atoms with Gasteiger partial charge >= 0.3 is 6.18 Å². The second-order valence-electron chi connectivity index (χ2n) is 7.97. The lowest BCUT2D eigenvalue weighted by atomic mass is 9.90. The van der Waals surface area contributed by atoms with Crippen molar-refractivity contribution in [2.75, 3.05) is 6.54 Å². The van der Waals surface area contributed by atoms with Crippen molar-refractivity contribution >= 4 is 5.91 Å². The topological polar surface area (TPSA) is 33.2 Å². The number of likely N-dealkylation sites (tertiary alicyclic amines) is 1. The second kappa shape index (κ2) is 7.43. The second-order valence-corrected chi connectivity index (χ2v) is 7.97. The number of pyridine rings is 1. The molecular formula is C22H22F4N2O. The van der Waals surface area contributed by atoms with E-state index >= 15 is 0 Å². The molecule has 2 atom stereocenters.